The first-order chi connectivity index (χ1) is 11.2. The Morgan fingerprint density at radius 2 is 1.91 bits per heavy atom. The Bertz CT molecular complexity index is 888. The molecule has 0 atom stereocenters. The first-order valence-electron chi connectivity index (χ1n) is 7.55. The molecule has 1 N–H and O–H groups in total. The van der Waals surface area contributed by atoms with Crippen molar-refractivity contribution in [1.29, 1.82) is 0 Å². The van der Waals surface area contributed by atoms with Crippen molar-refractivity contribution in [3.8, 4) is 11.4 Å². The molecule has 4 nitrogen and oxygen atoms in total. The molecule has 0 saturated carbocycles. The van der Waals surface area contributed by atoms with E-state index in [0.29, 0.717) is 4.77 Å². The number of hydrogen-bond donors (Lipinski definition) is 1. The van der Waals surface area contributed by atoms with Crippen molar-refractivity contribution in [3.63, 3.8) is 0 Å². The summed E-state index contributed by atoms with van der Waals surface area (Å²) in [5, 5.41) is 11.6. The van der Waals surface area contributed by atoms with E-state index >= 15 is 0 Å². The molecule has 2 aromatic carbocycles. The zero-order chi connectivity index (χ0) is 16.2. The topological polar surface area (TPSA) is 46.0 Å². The van der Waals surface area contributed by atoms with Crippen LogP contribution in [0.25, 0.3) is 11.4 Å². The van der Waals surface area contributed by atoms with E-state index in [2.05, 4.69) is 46.5 Å². The summed E-state index contributed by atoms with van der Waals surface area (Å²) < 4.78 is 2.13. The van der Waals surface area contributed by atoms with E-state index < -0.39 is 0 Å². The number of rotatable bonds is 4. The normalized spacial score (nSPS) is 11.2. The second kappa shape index (κ2) is 6.71. The van der Waals surface area contributed by atoms with Crippen LogP contribution in [0.1, 0.15) is 23.6 Å². The van der Waals surface area contributed by atoms with E-state index in [1.165, 1.54) is 5.56 Å². The van der Waals surface area contributed by atoms with Gasteiger partial charge in [0.15, 0.2) is 5.82 Å². The van der Waals surface area contributed by atoms with Gasteiger partial charge in [-0.25, -0.2) is 5.10 Å². The summed E-state index contributed by atoms with van der Waals surface area (Å²) in [6, 6.07) is 16.4. The second-order valence-electron chi connectivity index (χ2n) is 5.32. The molecule has 0 bridgehead atoms. The fourth-order valence-corrected chi connectivity index (χ4v) is 2.54. The van der Waals surface area contributed by atoms with Crippen LogP contribution in [0, 0.1) is 11.7 Å². The van der Waals surface area contributed by atoms with Crippen LogP contribution in [0.2, 0.25) is 0 Å². The molecule has 116 valence electrons. The maximum absolute atomic E-state index is 5.30. The van der Waals surface area contributed by atoms with Crippen molar-refractivity contribution >= 4 is 18.4 Å². The molecular formula is C18H18N4S. The second-order valence-corrected chi connectivity index (χ2v) is 5.71. The molecule has 0 unspecified atom stereocenters. The molecule has 0 spiro atoms. The highest BCUT2D eigenvalue weighted by Crippen LogP contribution is 2.21. The van der Waals surface area contributed by atoms with Crippen molar-refractivity contribution in [2.24, 2.45) is 5.10 Å². The quantitative estimate of drug-likeness (QED) is 0.573. The molecule has 23 heavy (non-hydrogen) atoms. The molecule has 0 fully saturated rings. The van der Waals surface area contributed by atoms with Gasteiger partial charge in [0.1, 0.15) is 0 Å². The van der Waals surface area contributed by atoms with E-state index in [-0.39, 0.29) is 0 Å². The zero-order valence-corrected chi connectivity index (χ0v) is 14.0. The van der Waals surface area contributed by atoms with Gasteiger partial charge in [-0.2, -0.15) is 14.9 Å². The van der Waals surface area contributed by atoms with Gasteiger partial charge in [-0.1, -0.05) is 55.5 Å². The van der Waals surface area contributed by atoms with Gasteiger partial charge >= 0.3 is 0 Å². The molecule has 5 heteroatoms. The lowest BCUT2D eigenvalue weighted by molar-refractivity contribution is 0.870. The number of hydrogen-bond acceptors (Lipinski definition) is 3. The van der Waals surface area contributed by atoms with E-state index in [1.54, 1.807) is 10.9 Å². The van der Waals surface area contributed by atoms with Crippen LogP contribution in [0.5, 0.6) is 0 Å². The Labute approximate surface area is 140 Å². The molecule has 0 aliphatic rings. The highest BCUT2D eigenvalue weighted by Gasteiger charge is 2.09. The summed E-state index contributed by atoms with van der Waals surface area (Å²) in [5.74, 6) is 0.717. The van der Waals surface area contributed by atoms with Crippen LogP contribution in [0.15, 0.2) is 53.6 Å². The average Bonchev–Trinajstić information content (AvgIpc) is 2.94. The Morgan fingerprint density at radius 1 is 1.17 bits per heavy atom. The largest absolute Gasteiger partial charge is 0.250 e. The summed E-state index contributed by atoms with van der Waals surface area (Å²) in [4.78, 5) is 0. The SMILES string of the molecule is CCc1ccc(/C=N\n2c(-c3ccccc3C)n[nH]c2=S)cc1. The van der Waals surface area contributed by atoms with Crippen LogP contribution in [0.3, 0.4) is 0 Å². The standard InChI is InChI=1S/C18H18N4S/c1-3-14-8-10-15(11-9-14)12-19-22-17(20-21-18(22)23)16-7-5-4-6-13(16)2/h4-12H,3H2,1-2H3,(H,21,23)/b19-12-. The maximum Gasteiger partial charge on any atom is 0.216 e. The minimum absolute atomic E-state index is 0.477. The predicted octanol–water partition coefficient (Wildman–Crippen LogP) is 4.36. The maximum atomic E-state index is 5.30. The fraction of sp³-hybridized carbons (Fsp3) is 0.167. The van der Waals surface area contributed by atoms with Crippen molar-refractivity contribution in [2.45, 2.75) is 20.3 Å². The molecule has 1 heterocycles. The summed E-state index contributed by atoms with van der Waals surface area (Å²) >= 11 is 5.30. The minimum Gasteiger partial charge on any atom is -0.250 e. The molecule has 1 aromatic heterocycles. The summed E-state index contributed by atoms with van der Waals surface area (Å²) in [5.41, 5.74) is 4.48. The highest BCUT2D eigenvalue weighted by molar-refractivity contribution is 7.71. The van der Waals surface area contributed by atoms with E-state index in [4.69, 9.17) is 12.2 Å². The Hall–Kier alpha value is -2.53. The predicted molar refractivity (Wildman–Crippen MR) is 96.4 cm³/mol. The molecule has 3 aromatic rings. The molecule has 0 amide bonds. The van der Waals surface area contributed by atoms with Crippen molar-refractivity contribution < 1.29 is 0 Å². The third-order valence-electron chi connectivity index (χ3n) is 3.75. The lowest BCUT2D eigenvalue weighted by atomic mass is 10.1. The van der Waals surface area contributed by atoms with E-state index in [9.17, 15) is 0 Å². The number of aromatic nitrogens is 3. The Balaban J connectivity index is 1.97. The van der Waals surface area contributed by atoms with Crippen molar-refractivity contribution in [2.75, 3.05) is 0 Å². The number of aryl methyl sites for hydroxylation is 2. The number of nitrogens with one attached hydrogen (secondary N) is 1. The number of H-pyrrole nitrogens is 1. The number of aromatic amines is 1. The third kappa shape index (κ3) is 3.29. The van der Waals surface area contributed by atoms with Gasteiger partial charge in [-0.05, 0) is 42.3 Å². The zero-order valence-electron chi connectivity index (χ0n) is 13.2. The Kier molecular flexibility index (Phi) is 4.48. The summed E-state index contributed by atoms with van der Waals surface area (Å²) in [6.45, 7) is 4.19. The molecular weight excluding hydrogens is 304 g/mol. The lowest BCUT2D eigenvalue weighted by Gasteiger charge is -2.04. The molecule has 0 radical (unpaired) electrons. The van der Waals surface area contributed by atoms with Gasteiger partial charge in [-0.3, -0.25) is 0 Å². The summed E-state index contributed by atoms with van der Waals surface area (Å²) in [7, 11) is 0. The fourth-order valence-electron chi connectivity index (χ4n) is 2.36. The first kappa shape index (κ1) is 15.4. The average molecular weight is 322 g/mol. The Morgan fingerprint density at radius 3 is 2.61 bits per heavy atom. The first-order valence-corrected chi connectivity index (χ1v) is 7.96. The van der Waals surface area contributed by atoms with Gasteiger partial charge in [0.25, 0.3) is 0 Å². The number of nitrogens with zero attached hydrogens (tertiary/aromatic N) is 3. The van der Waals surface area contributed by atoms with Gasteiger partial charge in [0.2, 0.25) is 4.77 Å². The molecule has 0 saturated heterocycles. The van der Waals surface area contributed by atoms with Crippen LogP contribution < -0.4 is 0 Å². The van der Waals surface area contributed by atoms with Gasteiger partial charge in [0.05, 0.1) is 6.21 Å². The van der Waals surface area contributed by atoms with Crippen LogP contribution in [0.4, 0.5) is 0 Å². The summed E-state index contributed by atoms with van der Waals surface area (Å²) in [6.07, 6.45) is 2.83. The van der Waals surface area contributed by atoms with Crippen molar-refractivity contribution in [1.82, 2.24) is 14.9 Å². The van der Waals surface area contributed by atoms with E-state index in [0.717, 1.165) is 28.9 Å². The molecule has 0 aliphatic heterocycles. The van der Waals surface area contributed by atoms with Crippen LogP contribution in [-0.4, -0.2) is 21.1 Å². The van der Waals surface area contributed by atoms with Gasteiger partial charge in [0, 0.05) is 5.56 Å². The molecule has 0 aliphatic carbocycles. The van der Waals surface area contributed by atoms with Crippen LogP contribution in [-0.2, 0) is 6.42 Å². The monoisotopic (exact) mass is 322 g/mol. The lowest BCUT2D eigenvalue weighted by Crippen LogP contribution is -1.96. The van der Waals surface area contributed by atoms with E-state index in [1.807, 2.05) is 31.2 Å². The number of benzene rings is 2. The molecule has 3 rings (SSSR count). The van der Waals surface area contributed by atoms with Crippen LogP contribution >= 0.6 is 12.2 Å². The minimum atomic E-state index is 0.477. The van der Waals surface area contributed by atoms with Crippen molar-refractivity contribution in [3.05, 3.63) is 70.0 Å². The van der Waals surface area contributed by atoms with Gasteiger partial charge < -0.3 is 0 Å². The van der Waals surface area contributed by atoms with Gasteiger partial charge in [-0.15, -0.1) is 0 Å². The third-order valence-corrected chi connectivity index (χ3v) is 4.01. The smallest absolute Gasteiger partial charge is 0.216 e. The highest BCUT2D eigenvalue weighted by atomic mass is 32.1.